The molecule has 3 rings (SSSR count). The lowest BCUT2D eigenvalue weighted by molar-refractivity contribution is -0.118. The Labute approximate surface area is 128 Å². The number of rotatable bonds is 4. The highest BCUT2D eigenvalue weighted by molar-refractivity contribution is 7.15. The SMILES string of the molecule is COc1ccccc1C1(C(=O)Nc2nc(C)c(C)s2)CC1. The molecule has 1 N–H and O–H groups in total. The number of nitrogens with one attached hydrogen (secondary N) is 1. The maximum atomic E-state index is 12.7. The third kappa shape index (κ3) is 2.42. The molecule has 0 unspecified atom stereocenters. The van der Waals surface area contributed by atoms with E-state index in [2.05, 4.69) is 10.3 Å². The van der Waals surface area contributed by atoms with Crippen molar-refractivity contribution in [3.05, 3.63) is 40.4 Å². The summed E-state index contributed by atoms with van der Waals surface area (Å²) in [4.78, 5) is 18.2. The van der Waals surface area contributed by atoms with Crippen LogP contribution >= 0.6 is 11.3 Å². The average molecular weight is 302 g/mol. The predicted molar refractivity (Wildman–Crippen MR) is 84.1 cm³/mol. The fourth-order valence-corrected chi connectivity index (χ4v) is 3.34. The highest BCUT2D eigenvalue weighted by Gasteiger charge is 2.53. The van der Waals surface area contributed by atoms with Gasteiger partial charge in [0.1, 0.15) is 5.75 Å². The van der Waals surface area contributed by atoms with E-state index in [9.17, 15) is 4.79 Å². The molecule has 1 amide bonds. The second kappa shape index (κ2) is 5.15. The molecule has 0 bridgehead atoms. The molecule has 0 spiro atoms. The first kappa shape index (κ1) is 14.1. The van der Waals surface area contributed by atoms with Gasteiger partial charge in [-0.05, 0) is 32.8 Å². The first-order valence-corrected chi connectivity index (χ1v) is 7.77. The van der Waals surface area contributed by atoms with Crippen LogP contribution in [-0.4, -0.2) is 18.0 Å². The van der Waals surface area contributed by atoms with Gasteiger partial charge in [0.2, 0.25) is 5.91 Å². The highest BCUT2D eigenvalue weighted by Crippen LogP contribution is 2.52. The maximum Gasteiger partial charge on any atom is 0.236 e. The summed E-state index contributed by atoms with van der Waals surface area (Å²) in [6.07, 6.45) is 1.70. The van der Waals surface area contributed by atoms with Gasteiger partial charge < -0.3 is 10.1 Å². The normalized spacial score (nSPS) is 15.6. The molecule has 0 radical (unpaired) electrons. The molecule has 110 valence electrons. The van der Waals surface area contributed by atoms with Gasteiger partial charge in [-0.25, -0.2) is 4.98 Å². The molecule has 5 heteroatoms. The van der Waals surface area contributed by atoms with Gasteiger partial charge in [0, 0.05) is 10.4 Å². The van der Waals surface area contributed by atoms with Crippen molar-refractivity contribution in [3.8, 4) is 5.75 Å². The Balaban J connectivity index is 1.87. The number of carbonyl (C=O) groups is 1. The molecule has 1 aromatic heterocycles. The smallest absolute Gasteiger partial charge is 0.236 e. The van der Waals surface area contributed by atoms with E-state index in [-0.39, 0.29) is 5.91 Å². The van der Waals surface area contributed by atoms with Crippen LogP contribution in [0.4, 0.5) is 5.13 Å². The number of ether oxygens (including phenoxy) is 1. The summed E-state index contributed by atoms with van der Waals surface area (Å²) in [5.41, 5.74) is 1.48. The van der Waals surface area contributed by atoms with E-state index in [0.29, 0.717) is 5.13 Å². The highest BCUT2D eigenvalue weighted by atomic mass is 32.1. The van der Waals surface area contributed by atoms with Gasteiger partial charge in [0.25, 0.3) is 0 Å². The number of para-hydroxylation sites is 1. The molecule has 0 atom stereocenters. The molecule has 0 saturated heterocycles. The molecule has 1 aromatic carbocycles. The van der Waals surface area contributed by atoms with Gasteiger partial charge in [-0.1, -0.05) is 18.2 Å². The maximum absolute atomic E-state index is 12.7. The minimum absolute atomic E-state index is 0.0146. The molecule has 1 fully saturated rings. The lowest BCUT2D eigenvalue weighted by atomic mass is 9.94. The van der Waals surface area contributed by atoms with E-state index in [1.54, 1.807) is 7.11 Å². The first-order chi connectivity index (χ1) is 10.1. The molecular weight excluding hydrogens is 284 g/mol. The van der Waals surface area contributed by atoms with E-state index in [1.165, 1.54) is 11.3 Å². The number of aryl methyl sites for hydroxylation is 2. The molecule has 1 aliphatic carbocycles. The van der Waals surface area contributed by atoms with Crippen molar-refractivity contribution < 1.29 is 9.53 Å². The van der Waals surface area contributed by atoms with Crippen LogP contribution in [0.15, 0.2) is 24.3 Å². The molecule has 21 heavy (non-hydrogen) atoms. The Bertz CT molecular complexity index is 670. The lowest BCUT2D eigenvalue weighted by Gasteiger charge is -2.17. The van der Waals surface area contributed by atoms with Crippen LogP contribution in [-0.2, 0) is 10.2 Å². The number of hydrogen-bond donors (Lipinski definition) is 1. The van der Waals surface area contributed by atoms with Crippen molar-refractivity contribution in [1.82, 2.24) is 4.98 Å². The van der Waals surface area contributed by atoms with Crippen LogP contribution in [0.3, 0.4) is 0 Å². The number of carbonyl (C=O) groups excluding carboxylic acids is 1. The summed E-state index contributed by atoms with van der Waals surface area (Å²) in [6.45, 7) is 3.96. The Kier molecular flexibility index (Phi) is 3.45. The number of nitrogens with zero attached hydrogens (tertiary/aromatic N) is 1. The summed E-state index contributed by atoms with van der Waals surface area (Å²) in [5.74, 6) is 0.789. The van der Waals surface area contributed by atoms with Crippen molar-refractivity contribution in [2.45, 2.75) is 32.1 Å². The zero-order chi connectivity index (χ0) is 15.0. The van der Waals surface area contributed by atoms with E-state index in [4.69, 9.17) is 4.74 Å². The van der Waals surface area contributed by atoms with Crippen LogP contribution in [0, 0.1) is 13.8 Å². The number of anilines is 1. The van der Waals surface area contributed by atoms with Crippen LogP contribution in [0.25, 0.3) is 0 Å². The van der Waals surface area contributed by atoms with Crippen molar-refractivity contribution in [2.75, 3.05) is 12.4 Å². The number of hydrogen-bond acceptors (Lipinski definition) is 4. The molecule has 1 heterocycles. The minimum Gasteiger partial charge on any atom is -0.496 e. The van der Waals surface area contributed by atoms with Crippen LogP contribution in [0.1, 0.15) is 29.0 Å². The van der Waals surface area contributed by atoms with Crippen molar-refractivity contribution >= 4 is 22.4 Å². The summed E-state index contributed by atoms with van der Waals surface area (Å²) < 4.78 is 5.40. The van der Waals surface area contributed by atoms with Gasteiger partial charge in [-0.15, -0.1) is 11.3 Å². The van der Waals surface area contributed by atoms with Gasteiger partial charge in [-0.2, -0.15) is 0 Å². The molecule has 2 aromatic rings. The van der Waals surface area contributed by atoms with E-state index in [0.717, 1.165) is 34.7 Å². The second-order valence-corrected chi connectivity index (χ2v) is 6.60. The minimum atomic E-state index is -0.458. The first-order valence-electron chi connectivity index (χ1n) is 6.96. The number of methoxy groups -OCH3 is 1. The summed E-state index contributed by atoms with van der Waals surface area (Å²) in [5, 5.41) is 3.65. The molecule has 4 nitrogen and oxygen atoms in total. The van der Waals surface area contributed by atoms with E-state index < -0.39 is 5.41 Å². The van der Waals surface area contributed by atoms with Crippen LogP contribution in [0.5, 0.6) is 5.75 Å². The third-order valence-corrected chi connectivity index (χ3v) is 5.04. The van der Waals surface area contributed by atoms with Crippen molar-refractivity contribution in [3.63, 3.8) is 0 Å². The van der Waals surface area contributed by atoms with Gasteiger partial charge in [0.15, 0.2) is 5.13 Å². The predicted octanol–water partition coefficient (Wildman–Crippen LogP) is 3.44. The number of amides is 1. The Morgan fingerprint density at radius 1 is 1.33 bits per heavy atom. The van der Waals surface area contributed by atoms with Gasteiger partial charge in [0.05, 0.1) is 18.2 Å². The number of aromatic nitrogens is 1. The largest absolute Gasteiger partial charge is 0.496 e. The summed E-state index contributed by atoms with van der Waals surface area (Å²) >= 11 is 1.52. The van der Waals surface area contributed by atoms with Crippen LogP contribution in [0.2, 0.25) is 0 Å². The van der Waals surface area contributed by atoms with Crippen molar-refractivity contribution in [1.29, 1.82) is 0 Å². The Morgan fingerprint density at radius 2 is 2.05 bits per heavy atom. The standard InChI is InChI=1S/C16H18N2O2S/c1-10-11(2)21-15(17-10)18-14(19)16(8-9-16)12-6-4-5-7-13(12)20-3/h4-7H,8-9H2,1-3H3,(H,17,18,19). The molecule has 1 aliphatic rings. The number of benzene rings is 1. The molecule has 1 saturated carbocycles. The Hall–Kier alpha value is -1.88. The third-order valence-electron chi connectivity index (χ3n) is 4.06. The second-order valence-electron chi connectivity index (χ2n) is 5.40. The Morgan fingerprint density at radius 3 is 2.62 bits per heavy atom. The van der Waals surface area contributed by atoms with E-state index in [1.807, 2.05) is 38.1 Å². The van der Waals surface area contributed by atoms with E-state index >= 15 is 0 Å². The zero-order valence-electron chi connectivity index (χ0n) is 12.4. The summed E-state index contributed by atoms with van der Waals surface area (Å²) in [7, 11) is 1.64. The zero-order valence-corrected chi connectivity index (χ0v) is 13.2. The molecular formula is C16H18N2O2S. The summed E-state index contributed by atoms with van der Waals surface area (Å²) in [6, 6.07) is 7.75. The monoisotopic (exact) mass is 302 g/mol. The average Bonchev–Trinajstić information content (AvgIpc) is 3.22. The van der Waals surface area contributed by atoms with Crippen molar-refractivity contribution in [2.24, 2.45) is 0 Å². The molecule has 0 aliphatic heterocycles. The quantitative estimate of drug-likeness (QED) is 0.941. The fraction of sp³-hybridized carbons (Fsp3) is 0.375. The van der Waals surface area contributed by atoms with Gasteiger partial charge >= 0.3 is 0 Å². The number of thiazole rings is 1. The topological polar surface area (TPSA) is 51.2 Å². The van der Waals surface area contributed by atoms with Crippen LogP contribution < -0.4 is 10.1 Å². The van der Waals surface area contributed by atoms with Gasteiger partial charge in [-0.3, -0.25) is 4.79 Å². The fourth-order valence-electron chi connectivity index (χ4n) is 2.53. The lowest BCUT2D eigenvalue weighted by Crippen LogP contribution is -2.28.